The van der Waals surface area contributed by atoms with Crippen LogP contribution in [0.25, 0.3) is 0 Å². The molecule has 0 radical (unpaired) electrons. The molecule has 2 aromatic rings. The van der Waals surface area contributed by atoms with Crippen molar-refractivity contribution < 1.29 is 19.1 Å². The molecular weight excluding hydrogens is 428 g/mol. The number of nitrogens with one attached hydrogen (secondary N) is 1. The highest BCUT2D eigenvalue weighted by Gasteiger charge is 2.36. The number of thiophene rings is 1. The molecule has 1 aliphatic heterocycles. The van der Waals surface area contributed by atoms with Crippen molar-refractivity contribution in [3.63, 3.8) is 0 Å². The Bertz CT molecular complexity index is 932. The summed E-state index contributed by atoms with van der Waals surface area (Å²) < 4.78 is 10.7. The molecule has 0 saturated heterocycles. The van der Waals surface area contributed by atoms with Crippen LogP contribution in [0.1, 0.15) is 36.2 Å². The zero-order valence-electron chi connectivity index (χ0n) is 18.7. The van der Waals surface area contributed by atoms with Crippen LogP contribution in [0.5, 0.6) is 5.75 Å². The Kier molecular flexibility index (Phi) is 8.64. The Hall–Kier alpha value is -2.91. The van der Waals surface area contributed by atoms with Crippen LogP contribution < -0.4 is 10.1 Å². The molecule has 8 nitrogen and oxygen atoms in total. The number of hydrogen-bond donors (Lipinski definition) is 1. The summed E-state index contributed by atoms with van der Waals surface area (Å²) in [5.74, 6) is 0.449. The summed E-state index contributed by atoms with van der Waals surface area (Å²) >= 11 is 1.59. The van der Waals surface area contributed by atoms with Gasteiger partial charge < -0.3 is 19.7 Å². The van der Waals surface area contributed by atoms with Crippen LogP contribution in [0.15, 0.2) is 46.9 Å². The lowest BCUT2D eigenvalue weighted by molar-refractivity contribution is -0.133. The van der Waals surface area contributed by atoms with Gasteiger partial charge in [0.05, 0.1) is 30.3 Å². The van der Waals surface area contributed by atoms with Crippen molar-refractivity contribution in [1.29, 1.82) is 0 Å². The molecule has 9 heteroatoms. The maximum Gasteiger partial charge on any atom is 0.317 e. The van der Waals surface area contributed by atoms with Gasteiger partial charge in [0.2, 0.25) is 0 Å². The zero-order chi connectivity index (χ0) is 22.9. The molecule has 2 heterocycles. The molecule has 1 atom stereocenters. The van der Waals surface area contributed by atoms with Crippen molar-refractivity contribution >= 4 is 29.0 Å². The highest BCUT2D eigenvalue weighted by Crippen LogP contribution is 2.38. The van der Waals surface area contributed by atoms with Crippen molar-refractivity contribution in [2.24, 2.45) is 5.10 Å². The Labute approximate surface area is 192 Å². The monoisotopic (exact) mass is 458 g/mol. The van der Waals surface area contributed by atoms with E-state index < -0.39 is 0 Å². The summed E-state index contributed by atoms with van der Waals surface area (Å²) in [5.41, 5.74) is 1.74. The third-order valence-electron chi connectivity index (χ3n) is 5.17. The number of ether oxygens (including phenoxy) is 2. The third kappa shape index (κ3) is 5.66. The molecule has 32 heavy (non-hydrogen) atoms. The van der Waals surface area contributed by atoms with Crippen LogP contribution in [0.2, 0.25) is 0 Å². The third-order valence-corrected chi connectivity index (χ3v) is 6.09. The first kappa shape index (κ1) is 23.7. The van der Waals surface area contributed by atoms with Crippen molar-refractivity contribution in [3.8, 4) is 5.75 Å². The molecular formula is C23H30N4O4S. The van der Waals surface area contributed by atoms with Gasteiger partial charge in [0.25, 0.3) is 5.91 Å². The number of hydrogen-bond acceptors (Lipinski definition) is 6. The minimum Gasteiger partial charge on any atom is -0.496 e. The second kappa shape index (κ2) is 11.6. The van der Waals surface area contributed by atoms with E-state index >= 15 is 0 Å². The zero-order valence-corrected chi connectivity index (χ0v) is 19.6. The molecule has 1 aliphatic rings. The molecule has 0 saturated carbocycles. The predicted molar refractivity (Wildman–Crippen MR) is 125 cm³/mol. The normalized spacial score (nSPS) is 15.4. The molecule has 0 unspecified atom stereocenters. The number of para-hydroxylation sites is 1. The minimum absolute atomic E-state index is 0.0915. The van der Waals surface area contributed by atoms with Crippen molar-refractivity contribution in [1.82, 2.24) is 15.2 Å². The number of carbonyl (C=O) groups excluding carboxylic acids is 2. The number of benzene rings is 1. The fourth-order valence-electron chi connectivity index (χ4n) is 3.55. The van der Waals surface area contributed by atoms with Gasteiger partial charge in [-0.3, -0.25) is 4.79 Å². The van der Waals surface area contributed by atoms with Gasteiger partial charge in [-0.25, -0.2) is 9.80 Å². The van der Waals surface area contributed by atoms with E-state index in [9.17, 15) is 9.59 Å². The lowest BCUT2D eigenvalue weighted by atomic mass is 10.00. The topological polar surface area (TPSA) is 83.5 Å². The first-order valence-electron chi connectivity index (χ1n) is 10.7. The molecule has 1 aromatic heterocycles. The van der Waals surface area contributed by atoms with Crippen LogP contribution >= 0.6 is 11.3 Å². The van der Waals surface area contributed by atoms with Gasteiger partial charge in [-0.05, 0) is 23.9 Å². The number of urea groups is 1. The fraction of sp³-hybridized carbons (Fsp3) is 0.435. The Morgan fingerprint density at radius 1 is 1.25 bits per heavy atom. The quantitative estimate of drug-likeness (QED) is 0.591. The first-order valence-corrected chi connectivity index (χ1v) is 11.5. The van der Waals surface area contributed by atoms with E-state index in [-0.39, 0.29) is 24.5 Å². The highest BCUT2D eigenvalue weighted by atomic mass is 32.1. The Morgan fingerprint density at radius 3 is 2.75 bits per heavy atom. The smallest absolute Gasteiger partial charge is 0.317 e. The van der Waals surface area contributed by atoms with E-state index in [1.54, 1.807) is 25.6 Å². The maximum absolute atomic E-state index is 13.4. The van der Waals surface area contributed by atoms with Gasteiger partial charge in [-0.15, -0.1) is 11.3 Å². The number of rotatable bonds is 10. The van der Waals surface area contributed by atoms with Gasteiger partial charge in [0.15, 0.2) is 0 Å². The van der Waals surface area contributed by atoms with Crippen LogP contribution in [-0.4, -0.2) is 68.0 Å². The predicted octanol–water partition coefficient (Wildman–Crippen LogP) is 3.50. The molecule has 0 aliphatic carbocycles. The second-order valence-corrected chi connectivity index (χ2v) is 8.32. The SMILES string of the molecule is CCCNC(=O)N(CCOC)CC(=O)N1N=C(c2cccs2)C[C@H]1c1ccccc1OC. The van der Waals surface area contributed by atoms with Crippen molar-refractivity contribution in [2.45, 2.75) is 25.8 Å². The van der Waals surface area contributed by atoms with Gasteiger partial charge >= 0.3 is 6.03 Å². The molecule has 0 fully saturated rings. The molecule has 0 bridgehead atoms. The number of methoxy groups -OCH3 is 2. The van der Waals surface area contributed by atoms with E-state index in [0.717, 1.165) is 22.6 Å². The summed E-state index contributed by atoms with van der Waals surface area (Å²) in [6.45, 7) is 3.09. The van der Waals surface area contributed by atoms with E-state index in [0.29, 0.717) is 31.9 Å². The number of nitrogens with zero attached hydrogens (tertiary/aromatic N) is 3. The summed E-state index contributed by atoms with van der Waals surface area (Å²) in [6.07, 6.45) is 1.39. The van der Waals surface area contributed by atoms with Crippen LogP contribution in [0.3, 0.4) is 0 Å². The fourth-order valence-corrected chi connectivity index (χ4v) is 4.27. The van der Waals surface area contributed by atoms with Crippen LogP contribution in [-0.2, 0) is 9.53 Å². The van der Waals surface area contributed by atoms with Gasteiger partial charge in [-0.2, -0.15) is 5.10 Å². The molecule has 3 rings (SSSR count). The van der Waals surface area contributed by atoms with Crippen molar-refractivity contribution in [3.05, 3.63) is 52.2 Å². The van der Waals surface area contributed by atoms with Gasteiger partial charge in [-0.1, -0.05) is 31.2 Å². The highest BCUT2D eigenvalue weighted by molar-refractivity contribution is 7.12. The van der Waals surface area contributed by atoms with Crippen LogP contribution in [0, 0.1) is 0 Å². The summed E-state index contributed by atoms with van der Waals surface area (Å²) in [7, 11) is 3.19. The van der Waals surface area contributed by atoms with E-state index in [1.165, 1.54) is 9.91 Å². The van der Waals surface area contributed by atoms with E-state index in [4.69, 9.17) is 9.47 Å². The summed E-state index contributed by atoms with van der Waals surface area (Å²) in [6, 6.07) is 11.0. The molecule has 1 aromatic carbocycles. The standard InChI is InChI=1S/C23H30N4O4S/c1-4-11-24-23(29)26(12-13-30-2)16-22(28)27-19(17-8-5-6-9-20(17)31-3)15-18(25-27)21-10-7-14-32-21/h5-10,14,19H,4,11-13,15-16H2,1-3H3,(H,24,29)/t19-/m0/s1. The average molecular weight is 459 g/mol. The lowest BCUT2D eigenvalue weighted by Gasteiger charge is -2.27. The lowest BCUT2D eigenvalue weighted by Crippen LogP contribution is -2.47. The maximum atomic E-state index is 13.4. The van der Waals surface area contributed by atoms with Gasteiger partial charge in [0, 0.05) is 32.2 Å². The summed E-state index contributed by atoms with van der Waals surface area (Å²) in [5, 5.41) is 11.0. The Morgan fingerprint density at radius 2 is 2.06 bits per heavy atom. The summed E-state index contributed by atoms with van der Waals surface area (Å²) in [4.78, 5) is 28.5. The first-order chi connectivity index (χ1) is 15.6. The molecule has 1 N–H and O–H groups in total. The van der Waals surface area contributed by atoms with Crippen molar-refractivity contribution in [2.75, 3.05) is 40.5 Å². The minimum atomic E-state index is -0.307. The van der Waals surface area contributed by atoms with E-state index in [1.807, 2.05) is 48.7 Å². The van der Waals surface area contributed by atoms with Crippen LogP contribution in [0.4, 0.5) is 4.79 Å². The van der Waals surface area contributed by atoms with E-state index in [2.05, 4.69) is 10.4 Å². The molecule has 0 spiro atoms. The molecule has 172 valence electrons. The van der Waals surface area contributed by atoms with Gasteiger partial charge in [0.1, 0.15) is 12.3 Å². The average Bonchev–Trinajstić information content (AvgIpc) is 3.50. The second-order valence-electron chi connectivity index (χ2n) is 7.37. The molecule has 3 amide bonds. The largest absolute Gasteiger partial charge is 0.496 e. The Balaban J connectivity index is 1.86. The number of amides is 3. The number of carbonyl (C=O) groups is 2. The number of hydrazone groups is 1.